The molecule has 0 aromatic heterocycles. The van der Waals surface area contributed by atoms with E-state index < -0.39 is 5.41 Å². The Morgan fingerprint density at radius 3 is 2.72 bits per heavy atom. The number of hydrogen-bond donors (Lipinski definition) is 0. The van der Waals surface area contributed by atoms with Crippen LogP contribution in [0.1, 0.15) is 33.6 Å². The number of ketones is 1. The smallest absolute Gasteiger partial charge is 0.309 e. The lowest BCUT2D eigenvalue weighted by atomic mass is 9.67. The molecule has 0 unspecified atom stereocenters. The van der Waals surface area contributed by atoms with Gasteiger partial charge >= 0.3 is 5.97 Å². The maximum atomic E-state index is 12.3. The van der Waals surface area contributed by atoms with Crippen LogP contribution in [0, 0.1) is 29.1 Å². The number of carbonyl (C=O) groups is 2. The fourth-order valence-electron chi connectivity index (χ4n) is 4.21. The van der Waals surface area contributed by atoms with Crippen LogP contribution in [0.4, 0.5) is 0 Å². The molecule has 0 aromatic carbocycles. The van der Waals surface area contributed by atoms with E-state index >= 15 is 0 Å². The van der Waals surface area contributed by atoms with Gasteiger partial charge in [0.25, 0.3) is 0 Å². The van der Waals surface area contributed by atoms with Crippen LogP contribution in [-0.2, 0) is 14.3 Å². The summed E-state index contributed by atoms with van der Waals surface area (Å²) in [6.07, 6.45) is 5.57. The van der Waals surface area contributed by atoms with Crippen molar-refractivity contribution in [1.82, 2.24) is 0 Å². The van der Waals surface area contributed by atoms with E-state index in [1.165, 1.54) is 0 Å². The van der Waals surface area contributed by atoms with Gasteiger partial charge in [0.15, 0.2) is 5.78 Å². The van der Waals surface area contributed by atoms with E-state index in [2.05, 4.69) is 6.92 Å². The Morgan fingerprint density at radius 1 is 1.28 bits per heavy atom. The molecule has 0 radical (unpaired) electrons. The molecule has 2 fully saturated rings. The summed E-state index contributed by atoms with van der Waals surface area (Å²) in [6.45, 7) is 6.14. The van der Waals surface area contributed by atoms with Crippen LogP contribution in [-0.4, -0.2) is 17.9 Å². The Kier molecular flexibility index (Phi) is 2.45. The van der Waals surface area contributed by atoms with Gasteiger partial charge in [-0.3, -0.25) is 9.59 Å². The zero-order valence-corrected chi connectivity index (χ0v) is 11.2. The molecule has 2 aliphatic carbocycles. The lowest BCUT2D eigenvalue weighted by Crippen LogP contribution is -2.45. The lowest BCUT2D eigenvalue weighted by Gasteiger charge is -2.36. The molecular weight excluding hydrogens is 228 g/mol. The molecule has 1 heterocycles. The van der Waals surface area contributed by atoms with Gasteiger partial charge in [-0.2, -0.15) is 0 Å². The zero-order chi connectivity index (χ0) is 13.1. The van der Waals surface area contributed by atoms with Crippen molar-refractivity contribution >= 4 is 11.8 Å². The topological polar surface area (TPSA) is 43.4 Å². The Bertz CT molecular complexity index is 439. The van der Waals surface area contributed by atoms with Crippen LogP contribution in [0.3, 0.4) is 0 Å². The highest BCUT2D eigenvalue weighted by atomic mass is 16.6. The quantitative estimate of drug-likeness (QED) is 0.618. The minimum absolute atomic E-state index is 0.0637. The van der Waals surface area contributed by atoms with Crippen molar-refractivity contribution < 1.29 is 14.3 Å². The van der Waals surface area contributed by atoms with Crippen molar-refractivity contribution in [2.24, 2.45) is 29.1 Å². The number of carbonyl (C=O) groups excluding carboxylic acids is 2. The van der Waals surface area contributed by atoms with Crippen molar-refractivity contribution in [3.8, 4) is 0 Å². The third kappa shape index (κ3) is 1.30. The van der Waals surface area contributed by atoms with Gasteiger partial charge in [-0.05, 0) is 37.7 Å². The number of fused-ring (bicyclic) bond motifs is 3. The van der Waals surface area contributed by atoms with E-state index in [0.29, 0.717) is 5.92 Å². The normalized spacial score (nSPS) is 50.7. The first kappa shape index (κ1) is 11.9. The summed E-state index contributed by atoms with van der Waals surface area (Å²) in [6, 6.07) is 0. The molecule has 1 saturated carbocycles. The maximum absolute atomic E-state index is 12.3. The molecule has 18 heavy (non-hydrogen) atoms. The Hall–Kier alpha value is -1.12. The fraction of sp³-hybridized carbons (Fsp3) is 0.733. The molecule has 6 atom stereocenters. The molecule has 1 aliphatic heterocycles. The molecule has 3 nitrogen and oxygen atoms in total. The molecule has 1 saturated heterocycles. The SMILES string of the molecule is C[C@@H]1C(=O)O[C@@H]2[C@H]1CC[C@H](C)[C@@H]1C=CC(=O)[C@@]21C. The standard InChI is InChI=1S/C15H20O3/c1-8-4-5-10-9(2)14(17)18-13(10)15(3)11(8)6-7-12(15)16/h6-11,13H,4-5H2,1-3H3/t8-,9-,10-,11-,13+,15-/m0/s1. The van der Waals surface area contributed by atoms with E-state index in [4.69, 9.17) is 4.74 Å². The van der Waals surface area contributed by atoms with Gasteiger partial charge in [-0.15, -0.1) is 0 Å². The van der Waals surface area contributed by atoms with Crippen molar-refractivity contribution in [2.45, 2.75) is 39.7 Å². The third-order valence-corrected chi connectivity index (χ3v) is 5.48. The van der Waals surface area contributed by atoms with Crippen molar-refractivity contribution in [2.75, 3.05) is 0 Å². The molecule has 0 bridgehead atoms. The highest BCUT2D eigenvalue weighted by Crippen LogP contribution is 2.54. The zero-order valence-electron chi connectivity index (χ0n) is 11.2. The van der Waals surface area contributed by atoms with Gasteiger partial charge in [0.2, 0.25) is 0 Å². The molecular formula is C15H20O3. The largest absolute Gasteiger partial charge is 0.461 e. The first-order valence-electron chi connectivity index (χ1n) is 6.89. The molecule has 0 N–H and O–H groups in total. The minimum Gasteiger partial charge on any atom is -0.461 e. The van der Waals surface area contributed by atoms with Gasteiger partial charge in [0, 0.05) is 5.92 Å². The number of ether oxygens (including phenoxy) is 1. The molecule has 98 valence electrons. The third-order valence-electron chi connectivity index (χ3n) is 5.48. The summed E-state index contributed by atoms with van der Waals surface area (Å²) in [4.78, 5) is 24.1. The van der Waals surface area contributed by atoms with E-state index in [1.54, 1.807) is 6.08 Å². The predicted octanol–water partition coefficient (Wildman–Crippen LogP) is 2.36. The van der Waals surface area contributed by atoms with Crippen LogP contribution in [0.5, 0.6) is 0 Å². The first-order chi connectivity index (χ1) is 8.46. The Morgan fingerprint density at radius 2 is 2.00 bits per heavy atom. The number of allylic oxidation sites excluding steroid dienone is 2. The van der Waals surface area contributed by atoms with E-state index in [9.17, 15) is 9.59 Å². The Labute approximate surface area is 108 Å². The van der Waals surface area contributed by atoms with Crippen molar-refractivity contribution in [3.63, 3.8) is 0 Å². The van der Waals surface area contributed by atoms with E-state index in [1.807, 2.05) is 19.9 Å². The van der Waals surface area contributed by atoms with Crippen LogP contribution in [0.15, 0.2) is 12.2 Å². The van der Waals surface area contributed by atoms with Crippen LogP contribution < -0.4 is 0 Å². The number of hydrogen-bond acceptors (Lipinski definition) is 3. The Balaban J connectivity index is 2.06. The monoisotopic (exact) mass is 248 g/mol. The summed E-state index contributed by atoms with van der Waals surface area (Å²) >= 11 is 0. The van der Waals surface area contributed by atoms with Crippen LogP contribution >= 0.6 is 0 Å². The molecule has 3 rings (SSSR count). The summed E-state index contributed by atoms with van der Waals surface area (Å²) in [5, 5.41) is 0. The van der Waals surface area contributed by atoms with E-state index in [-0.39, 0.29) is 35.6 Å². The first-order valence-corrected chi connectivity index (χ1v) is 6.89. The minimum atomic E-state index is -0.527. The van der Waals surface area contributed by atoms with E-state index in [0.717, 1.165) is 12.8 Å². The molecule has 0 aromatic rings. The maximum Gasteiger partial charge on any atom is 0.309 e. The summed E-state index contributed by atoms with van der Waals surface area (Å²) in [5.74, 6) is 0.856. The van der Waals surface area contributed by atoms with Crippen LogP contribution in [0.2, 0.25) is 0 Å². The van der Waals surface area contributed by atoms with Crippen LogP contribution in [0.25, 0.3) is 0 Å². The molecule has 0 spiro atoms. The molecule has 3 heteroatoms. The second-order valence-corrected chi connectivity index (χ2v) is 6.40. The number of esters is 1. The fourth-order valence-corrected chi connectivity index (χ4v) is 4.21. The average Bonchev–Trinajstić information content (AvgIpc) is 2.75. The van der Waals surface area contributed by atoms with Gasteiger partial charge in [0.1, 0.15) is 6.10 Å². The summed E-state index contributed by atoms with van der Waals surface area (Å²) < 4.78 is 5.59. The average molecular weight is 248 g/mol. The second-order valence-electron chi connectivity index (χ2n) is 6.40. The van der Waals surface area contributed by atoms with Crippen molar-refractivity contribution in [1.29, 1.82) is 0 Å². The highest BCUT2D eigenvalue weighted by Gasteiger charge is 2.60. The highest BCUT2D eigenvalue weighted by molar-refractivity contribution is 5.98. The molecule has 3 aliphatic rings. The van der Waals surface area contributed by atoms with Gasteiger partial charge in [-0.25, -0.2) is 0 Å². The second kappa shape index (κ2) is 3.69. The predicted molar refractivity (Wildman–Crippen MR) is 66.7 cm³/mol. The van der Waals surface area contributed by atoms with Gasteiger partial charge in [0.05, 0.1) is 11.3 Å². The number of rotatable bonds is 0. The van der Waals surface area contributed by atoms with Gasteiger partial charge < -0.3 is 4.74 Å². The summed E-state index contributed by atoms with van der Waals surface area (Å²) in [5.41, 5.74) is -0.527. The lowest BCUT2D eigenvalue weighted by molar-refractivity contribution is -0.152. The van der Waals surface area contributed by atoms with Crippen molar-refractivity contribution in [3.05, 3.63) is 12.2 Å². The van der Waals surface area contributed by atoms with Gasteiger partial charge in [-0.1, -0.05) is 19.9 Å². The molecule has 0 amide bonds. The summed E-state index contributed by atoms with van der Waals surface area (Å²) in [7, 11) is 0.